The number of carbonyl (C=O) groups is 1. The van der Waals surface area contributed by atoms with Crippen LogP contribution in [-0.2, 0) is 26.8 Å². The summed E-state index contributed by atoms with van der Waals surface area (Å²) >= 11 is 0. The van der Waals surface area contributed by atoms with E-state index in [1.165, 1.54) is 6.07 Å². The summed E-state index contributed by atoms with van der Waals surface area (Å²) in [5.41, 5.74) is -2.07. The number of ether oxygens (including phenoxy) is 4. The van der Waals surface area contributed by atoms with Crippen molar-refractivity contribution in [2.24, 2.45) is 0 Å². The zero-order valence-corrected chi connectivity index (χ0v) is 22.6. The number of benzene rings is 1. The number of rotatable bonds is 12. The summed E-state index contributed by atoms with van der Waals surface area (Å²) in [5, 5.41) is 2.83. The van der Waals surface area contributed by atoms with E-state index in [-0.39, 0.29) is 45.1 Å². The van der Waals surface area contributed by atoms with E-state index in [1.54, 1.807) is 40.7 Å². The van der Waals surface area contributed by atoms with Crippen LogP contribution in [0.1, 0.15) is 84.3 Å². The molecule has 0 bridgehead atoms. The molecule has 1 amide bonds. The molecule has 1 aliphatic heterocycles. The van der Waals surface area contributed by atoms with E-state index in [2.05, 4.69) is 5.32 Å². The Balaban J connectivity index is 2.08. The van der Waals surface area contributed by atoms with Gasteiger partial charge < -0.3 is 24.3 Å². The number of alkyl carbamates (subject to hydrolysis) is 1. The lowest BCUT2D eigenvalue weighted by atomic mass is 9.91. The number of alkyl halides is 4. The van der Waals surface area contributed by atoms with Crippen molar-refractivity contribution >= 4 is 6.09 Å². The lowest BCUT2D eigenvalue weighted by molar-refractivity contribution is -0.271. The van der Waals surface area contributed by atoms with Gasteiger partial charge in [-0.1, -0.05) is 25.3 Å². The molecule has 1 heterocycles. The molecule has 1 N–H and O–H groups in total. The van der Waals surface area contributed by atoms with E-state index >= 15 is 0 Å². The van der Waals surface area contributed by atoms with Crippen LogP contribution >= 0.6 is 0 Å². The minimum absolute atomic E-state index is 0.123. The van der Waals surface area contributed by atoms with Crippen LogP contribution in [0.2, 0.25) is 0 Å². The summed E-state index contributed by atoms with van der Waals surface area (Å²) in [5.74, 6) is -1.05. The Morgan fingerprint density at radius 2 is 1.65 bits per heavy atom. The molecule has 1 fully saturated rings. The number of unbranched alkanes of at least 4 members (excludes halogenated alkanes) is 4. The van der Waals surface area contributed by atoms with Gasteiger partial charge in [-0.15, -0.1) is 0 Å². The van der Waals surface area contributed by atoms with Crippen molar-refractivity contribution in [3.05, 3.63) is 29.3 Å². The molecule has 1 saturated heterocycles. The van der Waals surface area contributed by atoms with E-state index < -0.39 is 34.8 Å². The van der Waals surface area contributed by atoms with Gasteiger partial charge in [-0.05, 0) is 78.0 Å². The fraction of sp³-hybridized carbons (Fsp3) is 0.741. The summed E-state index contributed by atoms with van der Waals surface area (Å²) in [6.45, 7) is 8.78. The van der Waals surface area contributed by atoms with Crippen LogP contribution in [0.15, 0.2) is 18.2 Å². The van der Waals surface area contributed by atoms with E-state index in [9.17, 15) is 22.4 Å². The third kappa shape index (κ3) is 11.1. The van der Waals surface area contributed by atoms with Gasteiger partial charge in [0, 0.05) is 0 Å². The van der Waals surface area contributed by atoms with Crippen molar-refractivity contribution in [1.82, 2.24) is 5.32 Å². The fourth-order valence-corrected chi connectivity index (χ4v) is 3.88. The Kier molecular flexibility index (Phi) is 11.1. The Labute approximate surface area is 217 Å². The second-order valence-corrected chi connectivity index (χ2v) is 11.0. The van der Waals surface area contributed by atoms with Gasteiger partial charge in [-0.2, -0.15) is 13.2 Å². The molecule has 0 aliphatic carbocycles. The molecule has 0 radical (unpaired) electrons. The Morgan fingerprint density at radius 1 is 1.03 bits per heavy atom. The standard InChI is InChI=1S/C27H41F4NO5/c1-24(2,3)37-23(33)32-26(18-35-25(4,5)36-19-26)14-13-20-11-12-22(21(17-20)27(29,30)31)34-16-10-8-6-7-9-15-28/h11-12,17H,6-10,13-16,18-19H2,1-5H3,(H,32,33). The predicted octanol–water partition coefficient (Wildman–Crippen LogP) is 6.98. The van der Waals surface area contributed by atoms with Crippen LogP contribution in [0.4, 0.5) is 22.4 Å². The summed E-state index contributed by atoms with van der Waals surface area (Å²) in [4.78, 5) is 12.5. The molecule has 10 heteroatoms. The predicted molar refractivity (Wildman–Crippen MR) is 132 cm³/mol. The van der Waals surface area contributed by atoms with Crippen molar-refractivity contribution < 1.29 is 41.3 Å². The van der Waals surface area contributed by atoms with Gasteiger partial charge in [0.15, 0.2) is 5.79 Å². The highest BCUT2D eigenvalue weighted by molar-refractivity contribution is 5.69. The van der Waals surface area contributed by atoms with Gasteiger partial charge in [0.1, 0.15) is 11.4 Å². The summed E-state index contributed by atoms with van der Waals surface area (Å²) in [6.07, 6.45) is -1.26. The average molecular weight is 536 g/mol. The molecule has 0 saturated carbocycles. The first-order valence-corrected chi connectivity index (χ1v) is 12.8. The van der Waals surface area contributed by atoms with Crippen molar-refractivity contribution in [2.75, 3.05) is 26.5 Å². The number of aryl methyl sites for hydroxylation is 1. The monoisotopic (exact) mass is 535 g/mol. The van der Waals surface area contributed by atoms with E-state index in [0.717, 1.165) is 25.3 Å². The lowest BCUT2D eigenvalue weighted by Gasteiger charge is -2.44. The quantitative estimate of drug-likeness (QED) is 0.231. The summed E-state index contributed by atoms with van der Waals surface area (Å²) in [6, 6.07) is 4.03. The third-order valence-electron chi connectivity index (χ3n) is 5.94. The Bertz CT molecular complexity index is 857. The minimum Gasteiger partial charge on any atom is -0.493 e. The molecular formula is C27H41F4NO5. The van der Waals surface area contributed by atoms with Gasteiger partial charge in [-0.3, -0.25) is 4.39 Å². The SMILES string of the molecule is CC(C)(C)OC(=O)NC1(CCc2ccc(OCCCCCCCF)c(C(F)(F)F)c2)COC(C)(C)OC1. The van der Waals surface area contributed by atoms with Crippen LogP contribution in [-0.4, -0.2) is 49.5 Å². The molecule has 0 atom stereocenters. The molecule has 2 rings (SSSR count). The molecule has 37 heavy (non-hydrogen) atoms. The maximum atomic E-state index is 13.8. The van der Waals surface area contributed by atoms with Crippen LogP contribution < -0.4 is 10.1 Å². The second-order valence-electron chi connectivity index (χ2n) is 11.0. The Hall–Kier alpha value is -2.07. The number of carbonyl (C=O) groups excluding carboxylic acids is 1. The smallest absolute Gasteiger partial charge is 0.419 e. The largest absolute Gasteiger partial charge is 0.493 e. The van der Waals surface area contributed by atoms with Crippen molar-refractivity contribution in [2.45, 2.75) is 103 Å². The number of amides is 1. The highest BCUT2D eigenvalue weighted by Gasteiger charge is 2.42. The van der Waals surface area contributed by atoms with Gasteiger partial charge in [0.2, 0.25) is 0 Å². The Morgan fingerprint density at radius 3 is 2.24 bits per heavy atom. The maximum absolute atomic E-state index is 13.8. The first-order valence-electron chi connectivity index (χ1n) is 12.8. The summed E-state index contributed by atoms with van der Waals surface area (Å²) in [7, 11) is 0. The summed E-state index contributed by atoms with van der Waals surface area (Å²) < 4.78 is 75.9. The molecule has 0 spiro atoms. The zero-order chi connectivity index (χ0) is 27.7. The lowest BCUT2D eigenvalue weighted by Crippen LogP contribution is -2.61. The van der Waals surface area contributed by atoms with Gasteiger partial charge >= 0.3 is 12.3 Å². The van der Waals surface area contributed by atoms with E-state index in [0.29, 0.717) is 18.4 Å². The van der Waals surface area contributed by atoms with Crippen LogP contribution in [0, 0.1) is 0 Å². The fourth-order valence-electron chi connectivity index (χ4n) is 3.88. The highest BCUT2D eigenvalue weighted by Crippen LogP contribution is 2.38. The van der Waals surface area contributed by atoms with E-state index in [1.807, 2.05) is 0 Å². The molecule has 212 valence electrons. The molecular weight excluding hydrogens is 494 g/mol. The number of nitrogens with one attached hydrogen (secondary N) is 1. The van der Waals surface area contributed by atoms with Crippen molar-refractivity contribution in [1.29, 1.82) is 0 Å². The van der Waals surface area contributed by atoms with E-state index in [4.69, 9.17) is 18.9 Å². The molecule has 1 aliphatic rings. The zero-order valence-electron chi connectivity index (χ0n) is 22.6. The van der Waals surface area contributed by atoms with Crippen LogP contribution in [0.3, 0.4) is 0 Å². The number of halogens is 4. The number of hydrogen-bond acceptors (Lipinski definition) is 5. The highest BCUT2D eigenvalue weighted by atomic mass is 19.4. The average Bonchev–Trinajstić information content (AvgIpc) is 2.77. The van der Waals surface area contributed by atoms with Gasteiger partial charge in [-0.25, -0.2) is 4.79 Å². The molecule has 0 unspecified atom stereocenters. The molecule has 1 aromatic carbocycles. The first-order chi connectivity index (χ1) is 17.1. The van der Waals surface area contributed by atoms with Crippen molar-refractivity contribution in [3.8, 4) is 5.75 Å². The van der Waals surface area contributed by atoms with Gasteiger partial charge in [0.05, 0.1) is 37.6 Å². The molecule has 1 aromatic rings. The van der Waals surface area contributed by atoms with Gasteiger partial charge in [0.25, 0.3) is 0 Å². The first kappa shape index (κ1) is 31.1. The van der Waals surface area contributed by atoms with Crippen LogP contribution in [0.25, 0.3) is 0 Å². The topological polar surface area (TPSA) is 66.0 Å². The van der Waals surface area contributed by atoms with Crippen molar-refractivity contribution in [3.63, 3.8) is 0 Å². The number of hydrogen-bond donors (Lipinski definition) is 1. The maximum Gasteiger partial charge on any atom is 0.419 e. The normalized spacial score (nSPS) is 17.3. The van der Waals surface area contributed by atoms with Crippen LogP contribution in [0.5, 0.6) is 5.75 Å². The molecule has 0 aromatic heterocycles. The minimum atomic E-state index is -4.58. The molecule has 6 nitrogen and oxygen atoms in total. The second kappa shape index (κ2) is 13.1. The third-order valence-corrected chi connectivity index (χ3v) is 5.94.